The number of hydrogen-bond acceptors (Lipinski definition) is 3. The molecule has 2 heterocycles. The third-order valence-corrected chi connectivity index (χ3v) is 3.84. The van der Waals surface area contributed by atoms with E-state index >= 15 is 0 Å². The van der Waals surface area contributed by atoms with Gasteiger partial charge in [-0.3, -0.25) is 4.79 Å². The van der Waals surface area contributed by atoms with E-state index in [-0.39, 0.29) is 11.9 Å². The summed E-state index contributed by atoms with van der Waals surface area (Å²) in [5.74, 6) is -0.107. The number of carbonyl (C=O) groups excluding carboxylic acids is 1. The molecule has 1 aliphatic heterocycles. The van der Waals surface area contributed by atoms with Crippen molar-refractivity contribution in [2.45, 2.75) is 38.8 Å². The highest BCUT2D eigenvalue weighted by Crippen LogP contribution is 2.18. The molecule has 1 aromatic heterocycles. The molecule has 1 amide bonds. The first-order valence-corrected chi connectivity index (χ1v) is 7.93. The number of piperidine rings is 1. The van der Waals surface area contributed by atoms with Crippen molar-refractivity contribution in [1.29, 1.82) is 0 Å². The second-order valence-corrected chi connectivity index (χ2v) is 6.06. The number of rotatable bonds is 6. The predicted octanol–water partition coefficient (Wildman–Crippen LogP) is 2.22. The minimum atomic E-state index is -0.107. The Labute approximate surface area is 131 Å². The zero-order valence-corrected chi connectivity index (χ0v) is 13.4. The summed E-state index contributed by atoms with van der Waals surface area (Å²) in [5, 5.41) is 6.77. The SMILES string of the molecule is CC(C)n1cc(Cl)cc1C(=O)NCCOC1CCNCC1. The van der Waals surface area contributed by atoms with E-state index in [0.717, 1.165) is 25.9 Å². The van der Waals surface area contributed by atoms with Crippen LogP contribution in [0.3, 0.4) is 0 Å². The lowest BCUT2D eigenvalue weighted by Crippen LogP contribution is -2.35. The van der Waals surface area contributed by atoms with E-state index in [1.165, 1.54) is 0 Å². The molecule has 6 heteroatoms. The lowest BCUT2D eigenvalue weighted by atomic mass is 10.1. The van der Waals surface area contributed by atoms with Crippen LogP contribution in [-0.2, 0) is 4.74 Å². The number of carbonyl (C=O) groups is 1. The van der Waals surface area contributed by atoms with Crippen molar-refractivity contribution in [1.82, 2.24) is 15.2 Å². The van der Waals surface area contributed by atoms with Gasteiger partial charge in [0.1, 0.15) is 5.69 Å². The largest absolute Gasteiger partial charge is 0.376 e. The van der Waals surface area contributed by atoms with Crippen LogP contribution in [0.5, 0.6) is 0 Å². The van der Waals surface area contributed by atoms with Crippen molar-refractivity contribution in [3.8, 4) is 0 Å². The molecule has 1 aliphatic rings. The van der Waals surface area contributed by atoms with E-state index in [1.54, 1.807) is 12.3 Å². The Hall–Kier alpha value is -1.04. The fourth-order valence-electron chi connectivity index (χ4n) is 2.50. The first-order valence-electron chi connectivity index (χ1n) is 7.56. The second-order valence-electron chi connectivity index (χ2n) is 5.62. The lowest BCUT2D eigenvalue weighted by molar-refractivity contribution is 0.0342. The minimum absolute atomic E-state index is 0.107. The molecular weight excluding hydrogens is 290 g/mol. The number of ether oxygens (including phenoxy) is 1. The van der Waals surface area contributed by atoms with Gasteiger partial charge in [0.15, 0.2) is 0 Å². The van der Waals surface area contributed by atoms with E-state index < -0.39 is 0 Å². The third-order valence-electron chi connectivity index (χ3n) is 3.63. The summed E-state index contributed by atoms with van der Waals surface area (Å²) in [6, 6.07) is 1.90. The molecule has 118 valence electrons. The molecule has 0 aliphatic carbocycles. The maximum Gasteiger partial charge on any atom is 0.268 e. The zero-order chi connectivity index (χ0) is 15.2. The van der Waals surface area contributed by atoms with Gasteiger partial charge in [0, 0.05) is 18.8 Å². The average molecular weight is 314 g/mol. The van der Waals surface area contributed by atoms with E-state index in [0.29, 0.717) is 30.0 Å². The van der Waals surface area contributed by atoms with Gasteiger partial charge in [0.05, 0.1) is 17.7 Å². The van der Waals surface area contributed by atoms with Gasteiger partial charge < -0.3 is 19.9 Å². The van der Waals surface area contributed by atoms with Crippen molar-refractivity contribution in [2.75, 3.05) is 26.2 Å². The summed E-state index contributed by atoms with van der Waals surface area (Å²) in [4.78, 5) is 12.2. The van der Waals surface area contributed by atoms with Crippen molar-refractivity contribution in [2.24, 2.45) is 0 Å². The summed E-state index contributed by atoms with van der Waals surface area (Å²) in [6.07, 6.45) is 4.18. The molecule has 0 aromatic carbocycles. The standard InChI is InChI=1S/C15H24ClN3O2/c1-11(2)19-10-12(16)9-14(19)15(20)18-7-8-21-13-3-5-17-6-4-13/h9-11,13,17H,3-8H2,1-2H3,(H,18,20). The third kappa shape index (κ3) is 4.73. The van der Waals surface area contributed by atoms with Crippen LogP contribution in [-0.4, -0.2) is 42.8 Å². The van der Waals surface area contributed by atoms with Crippen molar-refractivity contribution >= 4 is 17.5 Å². The van der Waals surface area contributed by atoms with Crippen LogP contribution in [0.4, 0.5) is 0 Å². The highest BCUT2D eigenvalue weighted by molar-refractivity contribution is 6.31. The number of halogens is 1. The van der Waals surface area contributed by atoms with E-state index in [2.05, 4.69) is 10.6 Å². The maximum absolute atomic E-state index is 12.2. The van der Waals surface area contributed by atoms with Crippen LogP contribution in [0.25, 0.3) is 0 Å². The topological polar surface area (TPSA) is 55.3 Å². The summed E-state index contributed by atoms with van der Waals surface area (Å²) < 4.78 is 7.64. The van der Waals surface area contributed by atoms with Crippen molar-refractivity contribution in [3.05, 3.63) is 23.0 Å². The smallest absolute Gasteiger partial charge is 0.268 e. The van der Waals surface area contributed by atoms with Crippen molar-refractivity contribution in [3.63, 3.8) is 0 Å². The highest BCUT2D eigenvalue weighted by atomic mass is 35.5. The molecule has 1 saturated heterocycles. The molecule has 0 saturated carbocycles. The van der Waals surface area contributed by atoms with Gasteiger partial charge in [-0.25, -0.2) is 0 Å². The van der Waals surface area contributed by atoms with Crippen LogP contribution < -0.4 is 10.6 Å². The van der Waals surface area contributed by atoms with Gasteiger partial charge in [-0.1, -0.05) is 11.6 Å². The number of aromatic nitrogens is 1. The fraction of sp³-hybridized carbons (Fsp3) is 0.667. The van der Waals surface area contributed by atoms with E-state index in [1.807, 2.05) is 18.4 Å². The van der Waals surface area contributed by atoms with Crippen molar-refractivity contribution < 1.29 is 9.53 Å². The van der Waals surface area contributed by atoms with Crippen LogP contribution in [0, 0.1) is 0 Å². The molecule has 0 spiro atoms. The molecule has 2 N–H and O–H groups in total. The molecule has 0 bridgehead atoms. The molecule has 0 unspecified atom stereocenters. The molecule has 5 nitrogen and oxygen atoms in total. The average Bonchev–Trinajstić information content (AvgIpc) is 2.87. The van der Waals surface area contributed by atoms with Gasteiger partial charge in [0.2, 0.25) is 0 Å². The van der Waals surface area contributed by atoms with Crippen LogP contribution >= 0.6 is 11.6 Å². The Kier molecular flexibility index (Phi) is 6.08. The fourth-order valence-corrected chi connectivity index (χ4v) is 2.71. The van der Waals surface area contributed by atoms with Crippen LogP contribution in [0.2, 0.25) is 5.02 Å². The second kappa shape index (κ2) is 7.82. The summed E-state index contributed by atoms with van der Waals surface area (Å²) in [6.45, 7) is 7.13. The minimum Gasteiger partial charge on any atom is -0.376 e. The molecule has 2 rings (SSSR count). The first kappa shape index (κ1) is 16.3. The molecular formula is C15H24ClN3O2. The quantitative estimate of drug-likeness (QED) is 0.792. The first-order chi connectivity index (χ1) is 10.1. The Balaban J connectivity index is 1.76. The lowest BCUT2D eigenvalue weighted by Gasteiger charge is -2.23. The summed E-state index contributed by atoms with van der Waals surface area (Å²) in [7, 11) is 0. The number of amides is 1. The Bertz CT molecular complexity index is 467. The Morgan fingerprint density at radius 2 is 2.24 bits per heavy atom. The van der Waals surface area contributed by atoms with Crippen LogP contribution in [0.15, 0.2) is 12.3 Å². The normalized spacial score (nSPS) is 16.4. The van der Waals surface area contributed by atoms with E-state index in [9.17, 15) is 4.79 Å². The summed E-state index contributed by atoms with van der Waals surface area (Å²) in [5.41, 5.74) is 0.594. The molecule has 21 heavy (non-hydrogen) atoms. The number of hydrogen-bond donors (Lipinski definition) is 2. The predicted molar refractivity (Wildman–Crippen MR) is 84.0 cm³/mol. The van der Waals surface area contributed by atoms with Crippen LogP contribution in [0.1, 0.15) is 43.2 Å². The van der Waals surface area contributed by atoms with Gasteiger partial charge in [0.25, 0.3) is 5.91 Å². The summed E-state index contributed by atoms with van der Waals surface area (Å²) >= 11 is 5.99. The van der Waals surface area contributed by atoms with Gasteiger partial charge >= 0.3 is 0 Å². The molecule has 0 atom stereocenters. The van der Waals surface area contributed by atoms with E-state index in [4.69, 9.17) is 16.3 Å². The molecule has 1 aromatic rings. The van der Waals surface area contributed by atoms with Gasteiger partial charge in [-0.15, -0.1) is 0 Å². The number of nitrogens with one attached hydrogen (secondary N) is 2. The number of nitrogens with zero attached hydrogens (tertiary/aromatic N) is 1. The van der Waals surface area contributed by atoms with Gasteiger partial charge in [-0.2, -0.15) is 0 Å². The molecule has 1 fully saturated rings. The highest BCUT2D eigenvalue weighted by Gasteiger charge is 2.16. The monoisotopic (exact) mass is 313 g/mol. The maximum atomic E-state index is 12.2. The Morgan fingerprint density at radius 1 is 1.52 bits per heavy atom. The van der Waals surface area contributed by atoms with Gasteiger partial charge in [-0.05, 0) is 45.8 Å². The zero-order valence-electron chi connectivity index (χ0n) is 12.7. The molecule has 0 radical (unpaired) electrons. The Morgan fingerprint density at radius 3 is 2.90 bits per heavy atom.